The first-order valence-electron chi connectivity index (χ1n) is 6.24. The molecule has 0 aliphatic rings. The van der Waals surface area contributed by atoms with Crippen molar-refractivity contribution in [2.24, 2.45) is 0 Å². The van der Waals surface area contributed by atoms with Gasteiger partial charge in [-0.15, -0.1) is 0 Å². The molecule has 0 aliphatic carbocycles. The maximum absolute atomic E-state index is 11.9. The second-order valence-corrected chi connectivity index (χ2v) is 4.40. The second kappa shape index (κ2) is 7.76. The fourth-order valence-corrected chi connectivity index (χ4v) is 1.66. The van der Waals surface area contributed by atoms with Crippen LogP contribution in [0.2, 0.25) is 0 Å². The number of nitrogens with zero attached hydrogens (tertiary/aromatic N) is 1. The van der Waals surface area contributed by atoms with Crippen molar-refractivity contribution in [3.05, 3.63) is 29.8 Å². The fourth-order valence-electron chi connectivity index (χ4n) is 1.66. The molecule has 0 aromatic heterocycles. The van der Waals surface area contributed by atoms with E-state index in [-0.39, 0.29) is 18.6 Å². The van der Waals surface area contributed by atoms with Crippen LogP contribution in [0.3, 0.4) is 0 Å². The van der Waals surface area contributed by atoms with Gasteiger partial charge in [-0.2, -0.15) is 0 Å². The number of ether oxygens (including phenoxy) is 2. The summed E-state index contributed by atoms with van der Waals surface area (Å²) in [6.45, 7) is 2.93. The summed E-state index contributed by atoms with van der Waals surface area (Å²) in [6, 6.07) is 7.50. The van der Waals surface area contributed by atoms with E-state index in [9.17, 15) is 4.79 Å². The molecule has 0 heterocycles. The molecule has 0 fully saturated rings. The van der Waals surface area contributed by atoms with Gasteiger partial charge in [0.15, 0.2) is 0 Å². The van der Waals surface area contributed by atoms with Crippen molar-refractivity contribution in [3.63, 3.8) is 0 Å². The van der Waals surface area contributed by atoms with E-state index in [1.165, 1.54) is 0 Å². The largest absolute Gasteiger partial charge is 0.399 e. The van der Waals surface area contributed by atoms with Crippen LogP contribution in [0.25, 0.3) is 0 Å². The van der Waals surface area contributed by atoms with Crippen molar-refractivity contribution in [2.45, 2.75) is 13.0 Å². The third-order valence-electron chi connectivity index (χ3n) is 3.02. The molecule has 5 nitrogen and oxygen atoms in total. The molecule has 0 saturated heterocycles. The zero-order valence-corrected chi connectivity index (χ0v) is 11.8. The SMILES string of the molecule is COCCOCC(=O)N(C)C(C)c1cccc(N)c1. The Balaban J connectivity index is 2.51. The predicted octanol–water partition coefficient (Wildman–Crippen LogP) is 1.45. The summed E-state index contributed by atoms with van der Waals surface area (Å²) in [4.78, 5) is 13.6. The highest BCUT2D eigenvalue weighted by molar-refractivity contribution is 5.77. The zero-order chi connectivity index (χ0) is 14.3. The molecule has 0 saturated carbocycles. The van der Waals surface area contributed by atoms with E-state index in [0.717, 1.165) is 5.56 Å². The number of benzene rings is 1. The molecule has 0 radical (unpaired) electrons. The molecule has 1 aromatic rings. The summed E-state index contributed by atoms with van der Waals surface area (Å²) in [7, 11) is 3.36. The maximum Gasteiger partial charge on any atom is 0.248 e. The average Bonchev–Trinajstić information content (AvgIpc) is 2.41. The molecule has 106 valence electrons. The highest BCUT2D eigenvalue weighted by atomic mass is 16.5. The van der Waals surface area contributed by atoms with Gasteiger partial charge in [-0.05, 0) is 24.6 Å². The number of amides is 1. The van der Waals surface area contributed by atoms with Gasteiger partial charge >= 0.3 is 0 Å². The van der Waals surface area contributed by atoms with E-state index in [0.29, 0.717) is 18.9 Å². The number of rotatable bonds is 7. The van der Waals surface area contributed by atoms with Crippen molar-refractivity contribution >= 4 is 11.6 Å². The van der Waals surface area contributed by atoms with Crippen LogP contribution in [0.5, 0.6) is 0 Å². The Bertz CT molecular complexity index is 409. The fraction of sp³-hybridized carbons (Fsp3) is 0.500. The van der Waals surface area contributed by atoms with Crippen molar-refractivity contribution in [1.82, 2.24) is 4.90 Å². The van der Waals surface area contributed by atoms with Gasteiger partial charge in [0.2, 0.25) is 5.91 Å². The van der Waals surface area contributed by atoms with E-state index < -0.39 is 0 Å². The first kappa shape index (κ1) is 15.5. The Hall–Kier alpha value is -1.59. The second-order valence-electron chi connectivity index (χ2n) is 4.40. The van der Waals surface area contributed by atoms with Crippen LogP contribution in [-0.2, 0) is 14.3 Å². The first-order chi connectivity index (χ1) is 9.06. The molecular weight excluding hydrogens is 244 g/mol. The molecule has 0 spiro atoms. The van der Waals surface area contributed by atoms with Crippen molar-refractivity contribution < 1.29 is 14.3 Å². The van der Waals surface area contributed by atoms with Crippen LogP contribution in [0.1, 0.15) is 18.5 Å². The number of hydrogen-bond acceptors (Lipinski definition) is 4. The molecule has 1 atom stereocenters. The van der Waals surface area contributed by atoms with E-state index >= 15 is 0 Å². The standard InChI is InChI=1S/C14H22N2O3/c1-11(12-5-4-6-13(15)9-12)16(2)14(17)10-19-8-7-18-3/h4-6,9,11H,7-8,10,15H2,1-3H3. The number of nitrogen functional groups attached to an aromatic ring is 1. The Morgan fingerprint density at radius 1 is 1.42 bits per heavy atom. The minimum Gasteiger partial charge on any atom is -0.399 e. The molecule has 2 N–H and O–H groups in total. The van der Waals surface area contributed by atoms with Gasteiger partial charge in [0.05, 0.1) is 19.3 Å². The van der Waals surface area contributed by atoms with E-state index in [1.807, 2.05) is 31.2 Å². The predicted molar refractivity (Wildman–Crippen MR) is 74.7 cm³/mol. The highest BCUT2D eigenvalue weighted by Crippen LogP contribution is 2.20. The summed E-state index contributed by atoms with van der Waals surface area (Å²) in [5, 5.41) is 0. The number of carbonyl (C=O) groups is 1. The Morgan fingerprint density at radius 2 is 2.16 bits per heavy atom. The lowest BCUT2D eigenvalue weighted by Crippen LogP contribution is -2.33. The van der Waals surface area contributed by atoms with Gasteiger partial charge in [0, 0.05) is 19.8 Å². The molecule has 0 bridgehead atoms. The summed E-state index contributed by atoms with van der Waals surface area (Å²) in [6.07, 6.45) is 0. The first-order valence-corrected chi connectivity index (χ1v) is 6.24. The average molecular weight is 266 g/mol. The molecule has 5 heteroatoms. The van der Waals surface area contributed by atoms with Gasteiger partial charge in [-0.25, -0.2) is 0 Å². The molecule has 1 rings (SSSR count). The molecular formula is C14H22N2O3. The Morgan fingerprint density at radius 3 is 2.79 bits per heavy atom. The lowest BCUT2D eigenvalue weighted by Gasteiger charge is -2.25. The van der Waals surface area contributed by atoms with Crippen molar-refractivity contribution in [1.29, 1.82) is 0 Å². The Kier molecular flexibility index (Phi) is 6.32. The summed E-state index contributed by atoms with van der Waals surface area (Å²) >= 11 is 0. The molecule has 1 aromatic carbocycles. The summed E-state index contributed by atoms with van der Waals surface area (Å²) in [5.74, 6) is -0.0639. The van der Waals surface area contributed by atoms with Crippen LogP contribution in [0.15, 0.2) is 24.3 Å². The van der Waals surface area contributed by atoms with Gasteiger partial charge in [-0.3, -0.25) is 4.79 Å². The number of hydrogen-bond donors (Lipinski definition) is 1. The van der Waals surface area contributed by atoms with Crippen LogP contribution in [-0.4, -0.2) is 44.8 Å². The van der Waals surface area contributed by atoms with Gasteiger partial charge in [-0.1, -0.05) is 12.1 Å². The third-order valence-corrected chi connectivity index (χ3v) is 3.02. The molecule has 0 aliphatic heterocycles. The topological polar surface area (TPSA) is 64.8 Å². The van der Waals surface area contributed by atoms with E-state index in [4.69, 9.17) is 15.2 Å². The Labute approximate surface area is 114 Å². The summed E-state index contributed by atoms with van der Waals surface area (Å²) < 4.78 is 10.1. The van der Waals surface area contributed by atoms with Crippen molar-refractivity contribution in [3.8, 4) is 0 Å². The summed E-state index contributed by atoms with van der Waals surface area (Å²) in [5.41, 5.74) is 7.45. The minimum atomic E-state index is -0.0639. The monoisotopic (exact) mass is 266 g/mol. The number of methoxy groups -OCH3 is 1. The van der Waals surface area contributed by atoms with Crippen molar-refractivity contribution in [2.75, 3.05) is 39.7 Å². The maximum atomic E-state index is 11.9. The quantitative estimate of drug-likeness (QED) is 0.599. The van der Waals surface area contributed by atoms with Crippen LogP contribution in [0.4, 0.5) is 5.69 Å². The molecule has 1 amide bonds. The van der Waals surface area contributed by atoms with Gasteiger partial charge in [0.1, 0.15) is 6.61 Å². The van der Waals surface area contributed by atoms with Crippen LogP contribution >= 0.6 is 0 Å². The van der Waals surface area contributed by atoms with E-state index in [2.05, 4.69) is 0 Å². The minimum absolute atomic E-state index is 0.0398. The van der Waals surface area contributed by atoms with Gasteiger partial charge in [0.25, 0.3) is 0 Å². The van der Waals surface area contributed by atoms with Crippen LogP contribution < -0.4 is 5.73 Å². The lowest BCUT2D eigenvalue weighted by atomic mass is 10.1. The number of likely N-dealkylation sites (N-methyl/N-ethyl adjacent to an activating group) is 1. The highest BCUT2D eigenvalue weighted by Gasteiger charge is 2.17. The van der Waals surface area contributed by atoms with Gasteiger partial charge < -0.3 is 20.1 Å². The number of carbonyl (C=O) groups excluding carboxylic acids is 1. The van der Waals surface area contributed by atoms with E-state index in [1.54, 1.807) is 19.1 Å². The molecule has 19 heavy (non-hydrogen) atoms. The zero-order valence-electron chi connectivity index (χ0n) is 11.8. The lowest BCUT2D eigenvalue weighted by molar-refractivity contribution is -0.137. The normalized spacial score (nSPS) is 12.2. The molecule has 1 unspecified atom stereocenters. The number of anilines is 1. The number of nitrogens with two attached hydrogens (primary N) is 1. The third kappa shape index (κ3) is 4.89. The smallest absolute Gasteiger partial charge is 0.248 e. The van der Waals surface area contributed by atoms with Crippen LogP contribution in [0, 0.1) is 0 Å².